The van der Waals surface area contributed by atoms with Crippen LogP contribution in [-0.4, -0.2) is 55.4 Å². The smallest absolute Gasteiger partial charge is 0.0954 e. The average molecular weight is 186 g/mol. The number of aliphatic hydroxyl groups excluding tert-OH is 1. The molecule has 3 heteroatoms. The lowest BCUT2D eigenvalue weighted by molar-refractivity contribution is 0.116. The first-order valence-corrected chi connectivity index (χ1v) is 5.20. The van der Waals surface area contributed by atoms with E-state index in [4.69, 9.17) is 5.11 Å². The maximum atomic E-state index is 8.83. The van der Waals surface area contributed by atoms with Crippen molar-refractivity contribution in [2.45, 2.75) is 19.3 Å². The van der Waals surface area contributed by atoms with E-state index < -0.39 is 0 Å². The number of aliphatic hydroxyl groups is 1. The summed E-state index contributed by atoms with van der Waals surface area (Å²) in [5.74, 6) is 0.841. The van der Waals surface area contributed by atoms with E-state index in [1.54, 1.807) is 0 Å². The van der Waals surface area contributed by atoms with Crippen molar-refractivity contribution < 1.29 is 5.11 Å². The lowest BCUT2D eigenvalue weighted by atomic mass is 9.95. The van der Waals surface area contributed by atoms with Gasteiger partial charge >= 0.3 is 0 Å². The Bertz CT molecular complexity index is 141. The second-order valence-corrected chi connectivity index (χ2v) is 4.28. The molecule has 1 aliphatic rings. The Balaban J connectivity index is 2.13. The summed E-state index contributed by atoms with van der Waals surface area (Å²) < 4.78 is 0. The SMILES string of the molecule is CN(CO)CCC1CCCN(C)C1. The standard InChI is InChI=1S/C10H22N2O/c1-11-6-3-4-10(8-11)5-7-12(2)9-13/h10,13H,3-9H2,1-2H3. The fraction of sp³-hybridized carbons (Fsp3) is 1.00. The summed E-state index contributed by atoms with van der Waals surface area (Å²) >= 11 is 0. The molecule has 0 spiro atoms. The van der Waals surface area contributed by atoms with Gasteiger partial charge in [0.25, 0.3) is 0 Å². The first-order chi connectivity index (χ1) is 6.22. The molecule has 3 nitrogen and oxygen atoms in total. The number of hydrogen-bond acceptors (Lipinski definition) is 3. The van der Waals surface area contributed by atoms with Gasteiger partial charge in [0.2, 0.25) is 0 Å². The largest absolute Gasteiger partial charge is 0.381 e. The topological polar surface area (TPSA) is 26.7 Å². The Morgan fingerprint density at radius 1 is 1.54 bits per heavy atom. The van der Waals surface area contributed by atoms with Gasteiger partial charge in [-0.05, 0) is 45.8 Å². The molecule has 1 aliphatic heterocycles. The van der Waals surface area contributed by atoms with Crippen molar-refractivity contribution in [3.05, 3.63) is 0 Å². The Labute approximate surface area is 81.3 Å². The predicted octanol–water partition coefficient (Wildman–Crippen LogP) is 0.600. The molecule has 1 fully saturated rings. The van der Waals surface area contributed by atoms with Gasteiger partial charge in [0, 0.05) is 13.1 Å². The molecule has 0 bridgehead atoms. The van der Waals surface area contributed by atoms with Gasteiger partial charge in [-0.1, -0.05) is 0 Å². The Morgan fingerprint density at radius 3 is 2.92 bits per heavy atom. The number of rotatable bonds is 4. The fourth-order valence-corrected chi connectivity index (χ4v) is 1.98. The number of nitrogens with zero attached hydrogens (tertiary/aromatic N) is 2. The summed E-state index contributed by atoms with van der Waals surface area (Å²) in [4.78, 5) is 4.38. The minimum Gasteiger partial charge on any atom is -0.381 e. The molecule has 78 valence electrons. The second-order valence-electron chi connectivity index (χ2n) is 4.28. The van der Waals surface area contributed by atoms with Gasteiger partial charge in [0.1, 0.15) is 0 Å². The molecule has 0 aromatic carbocycles. The van der Waals surface area contributed by atoms with Gasteiger partial charge in [0.15, 0.2) is 0 Å². The van der Waals surface area contributed by atoms with E-state index in [1.165, 1.54) is 32.4 Å². The van der Waals surface area contributed by atoms with Crippen LogP contribution in [-0.2, 0) is 0 Å². The van der Waals surface area contributed by atoms with Crippen LogP contribution >= 0.6 is 0 Å². The van der Waals surface area contributed by atoms with Crippen molar-refractivity contribution in [3.63, 3.8) is 0 Å². The van der Waals surface area contributed by atoms with Crippen LogP contribution in [0.2, 0.25) is 0 Å². The minimum atomic E-state index is 0.183. The molecule has 1 rings (SSSR count). The molecule has 1 N–H and O–H groups in total. The third kappa shape index (κ3) is 4.07. The molecule has 0 amide bonds. The number of piperidine rings is 1. The van der Waals surface area contributed by atoms with E-state index in [0.717, 1.165) is 12.5 Å². The highest BCUT2D eigenvalue weighted by molar-refractivity contribution is 4.71. The van der Waals surface area contributed by atoms with Crippen LogP contribution in [0.5, 0.6) is 0 Å². The summed E-state index contributed by atoms with van der Waals surface area (Å²) in [5, 5.41) is 8.83. The zero-order valence-electron chi connectivity index (χ0n) is 8.87. The summed E-state index contributed by atoms with van der Waals surface area (Å²) in [5.41, 5.74) is 0. The monoisotopic (exact) mass is 186 g/mol. The Morgan fingerprint density at radius 2 is 2.31 bits per heavy atom. The lowest BCUT2D eigenvalue weighted by Crippen LogP contribution is -2.34. The van der Waals surface area contributed by atoms with Crippen LogP contribution in [0.3, 0.4) is 0 Å². The summed E-state index contributed by atoms with van der Waals surface area (Å²) in [6, 6.07) is 0. The van der Waals surface area contributed by atoms with E-state index >= 15 is 0 Å². The maximum Gasteiger partial charge on any atom is 0.0954 e. The van der Waals surface area contributed by atoms with Crippen molar-refractivity contribution in [1.82, 2.24) is 9.80 Å². The summed E-state index contributed by atoms with van der Waals surface area (Å²) in [7, 11) is 4.16. The molecule has 0 aromatic heterocycles. The van der Waals surface area contributed by atoms with E-state index in [-0.39, 0.29) is 6.73 Å². The van der Waals surface area contributed by atoms with E-state index in [0.29, 0.717) is 0 Å². The van der Waals surface area contributed by atoms with Crippen LogP contribution in [0.25, 0.3) is 0 Å². The highest BCUT2D eigenvalue weighted by Crippen LogP contribution is 2.18. The Kier molecular flexibility index (Phi) is 4.70. The molecule has 1 heterocycles. The molecular weight excluding hydrogens is 164 g/mol. The van der Waals surface area contributed by atoms with Crippen LogP contribution in [0.15, 0.2) is 0 Å². The number of likely N-dealkylation sites (tertiary alicyclic amines) is 1. The van der Waals surface area contributed by atoms with Gasteiger partial charge in [-0.15, -0.1) is 0 Å². The van der Waals surface area contributed by atoms with Crippen LogP contribution in [0.1, 0.15) is 19.3 Å². The van der Waals surface area contributed by atoms with Gasteiger partial charge in [-0.3, -0.25) is 4.90 Å². The van der Waals surface area contributed by atoms with Crippen molar-refractivity contribution in [2.75, 3.05) is 40.5 Å². The lowest BCUT2D eigenvalue weighted by Gasteiger charge is -2.30. The summed E-state index contributed by atoms with van der Waals surface area (Å²) in [6.07, 6.45) is 3.93. The molecule has 1 atom stereocenters. The van der Waals surface area contributed by atoms with Gasteiger partial charge < -0.3 is 10.0 Å². The van der Waals surface area contributed by atoms with Crippen molar-refractivity contribution in [3.8, 4) is 0 Å². The van der Waals surface area contributed by atoms with Crippen LogP contribution in [0, 0.1) is 5.92 Å². The fourth-order valence-electron chi connectivity index (χ4n) is 1.98. The first-order valence-electron chi connectivity index (χ1n) is 5.20. The molecule has 0 aromatic rings. The molecule has 1 unspecified atom stereocenters. The zero-order chi connectivity index (χ0) is 9.68. The molecular formula is C10H22N2O. The molecule has 0 aliphatic carbocycles. The molecule has 13 heavy (non-hydrogen) atoms. The molecule has 0 saturated carbocycles. The minimum absolute atomic E-state index is 0.183. The number of hydrogen-bond donors (Lipinski definition) is 1. The quantitative estimate of drug-likeness (QED) is 0.651. The van der Waals surface area contributed by atoms with E-state index in [2.05, 4.69) is 11.9 Å². The third-order valence-electron chi connectivity index (χ3n) is 2.88. The van der Waals surface area contributed by atoms with Crippen LogP contribution in [0.4, 0.5) is 0 Å². The van der Waals surface area contributed by atoms with Crippen molar-refractivity contribution >= 4 is 0 Å². The van der Waals surface area contributed by atoms with Crippen LogP contribution < -0.4 is 0 Å². The van der Waals surface area contributed by atoms with E-state index in [1.807, 2.05) is 11.9 Å². The maximum absolute atomic E-state index is 8.83. The Hall–Kier alpha value is -0.120. The van der Waals surface area contributed by atoms with Gasteiger partial charge in [0.05, 0.1) is 6.73 Å². The van der Waals surface area contributed by atoms with E-state index in [9.17, 15) is 0 Å². The van der Waals surface area contributed by atoms with Gasteiger partial charge in [-0.2, -0.15) is 0 Å². The normalized spacial score (nSPS) is 25.4. The van der Waals surface area contributed by atoms with Crippen molar-refractivity contribution in [1.29, 1.82) is 0 Å². The third-order valence-corrected chi connectivity index (χ3v) is 2.88. The molecule has 1 saturated heterocycles. The average Bonchev–Trinajstić information content (AvgIpc) is 2.14. The highest BCUT2D eigenvalue weighted by atomic mass is 16.3. The highest BCUT2D eigenvalue weighted by Gasteiger charge is 2.16. The molecule has 0 radical (unpaired) electrons. The second kappa shape index (κ2) is 5.58. The van der Waals surface area contributed by atoms with Gasteiger partial charge in [-0.25, -0.2) is 0 Å². The van der Waals surface area contributed by atoms with Crippen molar-refractivity contribution in [2.24, 2.45) is 5.92 Å². The first kappa shape index (κ1) is 11.0. The predicted molar refractivity (Wildman–Crippen MR) is 54.6 cm³/mol. The summed E-state index contributed by atoms with van der Waals surface area (Å²) in [6.45, 7) is 3.70. The zero-order valence-corrected chi connectivity index (χ0v) is 8.87.